The minimum atomic E-state index is -2.20. The molecule has 0 atom stereocenters. The van der Waals surface area contributed by atoms with E-state index in [9.17, 15) is 0 Å². The molecule has 0 aliphatic heterocycles. The van der Waals surface area contributed by atoms with Gasteiger partial charge in [-0.3, -0.25) is 0 Å². The number of allylic oxidation sites excluding steroid dienone is 2. The molecule has 0 rings (SSSR count). The van der Waals surface area contributed by atoms with Crippen LogP contribution >= 0.6 is 0 Å². The molecule has 0 aromatic heterocycles. The van der Waals surface area contributed by atoms with Crippen molar-refractivity contribution in [3.8, 4) is 0 Å². The van der Waals surface area contributed by atoms with Crippen molar-refractivity contribution in [1.82, 2.24) is 0 Å². The van der Waals surface area contributed by atoms with Crippen LogP contribution in [0.15, 0.2) is 21.9 Å². The Bertz CT molecular complexity index is 290. The summed E-state index contributed by atoms with van der Waals surface area (Å²) in [5.74, 6) is 0. The molecular weight excluding hydrogens is 375 g/mol. The number of rotatable bonds is 12. The molecule has 0 aliphatic rings. The average Bonchev–Trinajstić information content (AvgIpc) is 2.43. The fraction of sp³-hybridized carbons (Fsp3) is 0.789. The standard InChI is InChI=1S/C7H13Si.3C4H9.Sn/c1-5-6-7-8(2,3)4;3*1-3-4-2;/h5,7H,1H2,2-4H3;3*1,3-4H2,2H3;. The van der Waals surface area contributed by atoms with Crippen LogP contribution in [0, 0.1) is 0 Å². The van der Waals surface area contributed by atoms with E-state index in [1.54, 1.807) is 16.9 Å². The Kier molecular flexibility index (Phi) is 11.4. The molecule has 0 nitrogen and oxygen atoms in total. The summed E-state index contributed by atoms with van der Waals surface area (Å²) in [5.41, 5.74) is 2.72. The molecule has 124 valence electrons. The summed E-state index contributed by atoms with van der Waals surface area (Å²) in [5, 5.41) is 0. The molecule has 0 N–H and O–H groups in total. The molecule has 0 heterocycles. The van der Waals surface area contributed by atoms with Crippen LogP contribution in [-0.4, -0.2) is 26.5 Å². The van der Waals surface area contributed by atoms with Crippen LogP contribution in [0.3, 0.4) is 0 Å². The van der Waals surface area contributed by atoms with Crippen molar-refractivity contribution in [3.05, 3.63) is 21.9 Å². The van der Waals surface area contributed by atoms with E-state index >= 15 is 0 Å². The van der Waals surface area contributed by atoms with Gasteiger partial charge >= 0.3 is 141 Å². The van der Waals surface area contributed by atoms with E-state index in [1.807, 2.05) is 0 Å². The van der Waals surface area contributed by atoms with Gasteiger partial charge in [0.25, 0.3) is 0 Å². The van der Waals surface area contributed by atoms with E-state index < -0.39 is 26.5 Å². The van der Waals surface area contributed by atoms with Gasteiger partial charge in [-0.1, -0.05) is 0 Å². The summed E-state index contributed by atoms with van der Waals surface area (Å²) in [7, 11) is -1.15. The number of hydrogen-bond acceptors (Lipinski definition) is 0. The van der Waals surface area contributed by atoms with Crippen LogP contribution in [0.2, 0.25) is 33.0 Å². The normalized spacial score (nSPS) is 13.5. The van der Waals surface area contributed by atoms with Gasteiger partial charge in [-0.25, -0.2) is 0 Å². The van der Waals surface area contributed by atoms with Crippen molar-refractivity contribution in [1.29, 1.82) is 0 Å². The molecule has 0 aromatic rings. The molecule has 0 fully saturated rings. The van der Waals surface area contributed by atoms with Crippen molar-refractivity contribution in [3.63, 3.8) is 0 Å². The number of hydrogen-bond donors (Lipinski definition) is 0. The Hall–Kier alpha value is 0.496. The van der Waals surface area contributed by atoms with E-state index in [4.69, 9.17) is 0 Å². The van der Waals surface area contributed by atoms with Gasteiger partial charge in [-0.2, -0.15) is 0 Å². The zero-order valence-electron chi connectivity index (χ0n) is 15.7. The van der Waals surface area contributed by atoms with Crippen molar-refractivity contribution in [2.24, 2.45) is 0 Å². The summed E-state index contributed by atoms with van der Waals surface area (Å²) >= 11 is -2.20. The molecule has 0 saturated heterocycles. The van der Waals surface area contributed by atoms with Gasteiger partial charge in [0.05, 0.1) is 0 Å². The van der Waals surface area contributed by atoms with Gasteiger partial charge in [-0.05, 0) is 0 Å². The Morgan fingerprint density at radius 2 is 1.24 bits per heavy atom. The molecule has 0 amide bonds. The Labute approximate surface area is 140 Å². The molecule has 0 aliphatic carbocycles. The summed E-state index contributed by atoms with van der Waals surface area (Å²) in [4.78, 5) is 0. The molecular formula is C19H40SiSn. The van der Waals surface area contributed by atoms with Crippen LogP contribution in [0.5, 0.6) is 0 Å². The first-order valence-corrected chi connectivity index (χ1v) is 20.3. The first-order valence-electron chi connectivity index (χ1n) is 9.21. The van der Waals surface area contributed by atoms with Gasteiger partial charge < -0.3 is 0 Å². The second-order valence-corrected chi connectivity index (χ2v) is 26.0. The van der Waals surface area contributed by atoms with E-state index in [0.717, 1.165) is 0 Å². The monoisotopic (exact) mass is 416 g/mol. The van der Waals surface area contributed by atoms with Gasteiger partial charge in [0.1, 0.15) is 0 Å². The third-order valence-electron chi connectivity index (χ3n) is 4.45. The Balaban J connectivity index is 5.53. The number of unbranched alkanes of at least 4 members (excludes halogenated alkanes) is 3. The topological polar surface area (TPSA) is 0 Å². The van der Waals surface area contributed by atoms with Crippen molar-refractivity contribution in [2.45, 2.75) is 92.2 Å². The van der Waals surface area contributed by atoms with Crippen molar-refractivity contribution < 1.29 is 0 Å². The zero-order chi connectivity index (χ0) is 16.4. The third-order valence-corrected chi connectivity index (χ3v) is 22.2. The molecule has 0 bridgehead atoms. The molecule has 2 heteroatoms. The fourth-order valence-electron chi connectivity index (χ4n) is 3.25. The van der Waals surface area contributed by atoms with Crippen LogP contribution in [0.1, 0.15) is 59.3 Å². The molecule has 0 unspecified atom stereocenters. The van der Waals surface area contributed by atoms with Crippen LogP contribution in [0.25, 0.3) is 0 Å². The predicted octanol–water partition coefficient (Wildman–Crippen LogP) is 7.36. The molecule has 0 saturated carbocycles. The summed E-state index contributed by atoms with van der Waals surface area (Å²) in [6.07, 6.45) is 10.7. The minimum absolute atomic E-state index is 1.15. The second-order valence-electron chi connectivity index (χ2n) is 7.76. The first kappa shape index (κ1) is 21.5. The summed E-state index contributed by atoms with van der Waals surface area (Å²) < 4.78 is 6.48. The van der Waals surface area contributed by atoms with E-state index in [1.165, 1.54) is 38.5 Å². The first-order chi connectivity index (χ1) is 9.85. The molecule has 0 radical (unpaired) electrons. The van der Waals surface area contributed by atoms with E-state index in [-0.39, 0.29) is 0 Å². The average molecular weight is 415 g/mol. The van der Waals surface area contributed by atoms with Crippen molar-refractivity contribution in [2.75, 3.05) is 0 Å². The van der Waals surface area contributed by atoms with Crippen molar-refractivity contribution >= 4 is 26.5 Å². The Morgan fingerprint density at radius 1 is 0.857 bits per heavy atom. The van der Waals surface area contributed by atoms with Gasteiger partial charge in [-0.15, -0.1) is 0 Å². The maximum atomic E-state index is 4.24. The SMILES string of the molecule is C=C/[C](=C/[Si](C)(C)C)[Sn]([CH2]CCC)([CH2]CCC)[CH2]CCC. The summed E-state index contributed by atoms with van der Waals surface area (Å²) in [6.45, 7) is 18.7. The fourth-order valence-corrected chi connectivity index (χ4v) is 25.6. The Morgan fingerprint density at radius 3 is 1.48 bits per heavy atom. The molecule has 0 spiro atoms. The summed E-state index contributed by atoms with van der Waals surface area (Å²) in [6, 6.07) is 0. The van der Waals surface area contributed by atoms with Crippen LogP contribution < -0.4 is 0 Å². The zero-order valence-corrected chi connectivity index (χ0v) is 19.6. The quantitative estimate of drug-likeness (QED) is 0.231. The molecule has 21 heavy (non-hydrogen) atoms. The van der Waals surface area contributed by atoms with Crippen LogP contribution in [-0.2, 0) is 0 Å². The maximum absolute atomic E-state index is 4.24. The van der Waals surface area contributed by atoms with Gasteiger partial charge in [0.15, 0.2) is 0 Å². The van der Waals surface area contributed by atoms with Gasteiger partial charge in [0, 0.05) is 0 Å². The predicted molar refractivity (Wildman–Crippen MR) is 107 cm³/mol. The molecule has 0 aromatic carbocycles. The second kappa shape index (κ2) is 11.1. The van der Waals surface area contributed by atoms with E-state index in [0.29, 0.717) is 0 Å². The van der Waals surface area contributed by atoms with Crippen LogP contribution in [0.4, 0.5) is 0 Å². The van der Waals surface area contributed by atoms with E-state index in [2.05, 4.69) is 58.8 Å². The van der Waals surface area contributed by atoms with Gasteiger partial charge in [0.2, 0.25) is 0 Å². The third kappa shape index (κ3) is 8.63.